The summed E-state index contributed by atoms with van der Waals surface area (Å²) < 4.78 is 0. The van der Waals surface area contributed by atoms with Crippen LogP contribution in [0.3, 0.4) is 0 Å². The van der Waals surface area contributed by atoms with Crippen LogP contribution in [0.2, 0.25) is 0 Å². The maximum atomic E-state index is 11.7. The number of amides is 1. The Morgan fingerprint density at radius 1 is 1.44 bits per heavy atom. The molecule has 3 nitrogen and oxygen atoms in total. The van der Waals surface area contributed by atoms with E-state index in [9.17, 15) is 9.90 Å². The molecule has 3 heteroatoms. The summed E-state index contributed by atoms with van der Waals surface area (Å²) in [7, 11) is 0. The van der Waals surface area contributed by atoms with E-state index in [2.05, 4.69) is 5.32 Å². The number of nitrogens with one attached hydrogen (secondary N) is 1. The van der Waals surface area contributed by atoms with Gasteiger partial charge in [0.1, 0.15) is 0 Å². The second kappa shape index (κ2) is 3.59. The van der Waals surface area contributed by atoms with Gasteiger partial charge in [-0.15, -0.1) is 0 Å². The molecule has 0 saturated carbocycles. The lowest BCUT2D eigenvalue weighted by Gasteiger charge is -2.17. The Morgan fingerprint density at radius 2 is 2.12 bits per heavy atom. The topological polar surface area (TPSA) is 49.3 Å². The highest BCUT2D eigenvalue weighted by Crippen LogP contribution is 2.38. The summed E-state index contributed by atoms with van der Waals surface area (Å²) in [6.07, 6.45) is 0.234. The first-order valence-corrected chi connectivity index (χ1v) is 5.60. The van der Waals surface area contributed by atoms with Gasteiger partial charge in [0.15, 0.2) is 0 Å². The second-order valence-corrected chi connectivity index (χ2v) is 4.81. The number of aliphatic hydroxyl groups excluding tert-OH is 1. The van der Waals surface area contributed by atoms with Crippen molar-refractivity contribution in [3.63, 3.8) is 0 Å². The Kier molecular flexibility index (Phi) is 2.50. The summed E-state index contributed by atoms with van der Waals surface area (Å²) in [4.78, 5) is 11.7. The third-order valence-corrected chi connectivity index (χ3v) is 3.30. The number of fused-ring (bicyclic) bond motifs is 1. The minimum atomic E-state index is -0.501. The molecule has 1 amide bonds. The number of carbonyl (C=O) groups is 1. The third-order valence-electron chi connectivity index (χ3n) is 3.30. The van der Waals surface area contributed by atoms with E-state index < -0.39 is 11.5 Å². The fraction of sp³-hybridized carbons (Fsp3) is 0.462. The van der Waals surface area contributed by atoms with Crippen LogP contribution in [0.4, 0.5) is 5.69 Å². The molecule has 0 aliphatic carbocycles. The maximum Gasteiger partial charge on any atom is 0.234 e. The first-order chi connectivity index (χ1) is 7.46. The fourth-order valence-electron chi connectivity index (χ4n) is 2.03. The van der Waals surface area contributed by atoms with Gasteiger partial charge >= 0.3 is 0 Å². The van der Waals surface area contributed by atoms with E-state index in [1.165, 1.54) is 0 Å². The SMILES string of the molecule is CCC(O)c1ccc2c(c1)C(C)(C)C(=O)N2. The lowest BCUT2D eigenvalue weighted by molar-refractivity contribution is -0.119. The van der Waals surface area contributed by atoms with Gasteiger partial charge < -0.3 is 10.4 Å². The van der Waals surface area contributed by atoms with Gasteiger partial charge in [-0.1, -0.05) is 19.1 Å². The molecule has 16 heavy (non-hydrogen) atoms. The smallest absolute Gasteiger partial charge is 0.234 e. The summed E-state index contributed by atoms with van der Waals surface area (Å²) in [5, 5.41) is 12.6. The number of hydrogen-bond donors (Lipinski definition) is 2. The van der Waals surface area contributed by atoms with E-state index in [-0.39, 0.29) is 5.91 Å². The predicted molar refractivity (Wildman–Crippen MR) is 63.3 cm³/mol. The maximum absolute atomic E-state index is 11.7. The fourth-order valence-corrected chi connectivity index (χ4v) is 2.03. The monoisotopic (exact) mass is 219 g/mol. The van der Waals surface area contributed by atoms with Crippen molar-refractivity contribution in [2.45, 2.75) is 38.7 Å². The average molecular weight is 219 g/mol. The van der Waals surface area contributed by atoms with Crippen LogP contribution in [0.15, 0.2) is 18.2 Å². The van der Waals surface area contributed by atoms with Gasteiger partial charge in [0.05, 0.1) is 11.5 Å². The highest BCUT2D eigenvalue weighted by atomic mass is 16.3. The molecule has 0 spiro atoms. The summed E-state index contributed by atoms with van der Waals surface area (Å²) in [5.41, 5.74) is 2.22. The van der Waals surface area contributed by atoms with Gasteiger partial charge in [0.25, 0.3) is 0 Å². The number of anilines is 1. The summed E-state index contributed by atoms with van der Waals surface area (Å²) in [5.74, 6) is 0.0191. The van der Waals surface area contributed by atoms with Gasteiger partial charge in [0, 0.05) is 5.69 Å². The summed E-state index contributed by atoms with van der Waals surface area (Å²) in [6.45, 7) is 5.74. The molecule has 86 valence electrons. The molecule has 1 aromatic carbocycles. The number of aliphatic hydroxyl groups is 1. The molecule has 0 fully saturated rings. The second-order valence-electron chi connectivity index (χ2n) is 4.81. The van der Waals surface area contributed by atoms with Crippen LogP contribution >= 0.6 is 0 Å². The standard InChI is InChI=1S/C13H17NO2/c1-4-11(15)8-5-6-10-9(7-8)13(2,3)12(16)14-10/h5-7,11,15H,4H2,1-3H3,(H,14,16). The number of hydrogen-bond acceptors (Lipinski definition) is 2. The summed E-state index contributed by atoms with van der Waals surface area (Å²) in [6, 6.07) is 5.67. The molecule has 1 heterocycles. The Morgan fingerprint density at radius 3 is 2.75 bits per heavy atom. The summed E-state index contributed by atoms with van der Waals surface area (Å²) >= 11 is 0. The third kappa shape index (κ3) is 1.52. The molecule has 2 rings (SSSR count). The van der Waals surface area contributed by atoms with Crippen molar-refractivity contribution in [1.82, 2.24) is 0 Å². The number of rotatable bonds is 2. The molecule has 0 radical (unpaired) electrons. The minimum Gasteiger partial charge on any atom is -0.388 e. The van der Waals surface area contributed by atoms with Crippen LogP contribution in [-0.4, -0.2) is 11.0 Å². The first kappa shape index (κ1) is 11.1. The zero-order valence-electron chi connectivity index (χ0n) is 9.87. The van der Waals surface area contributed by atoms with Crippen molar-refractivity contribution in [2.75, 3.05) is 5.32 Å². The Balaban J connectivity index is 2.48. The lowest BCUT2D eigenvalue weighted by Crippen LogP contribution is -2.26. The molecule has 1 atom stereocenters. The van der Waals surface area contributed by atoms with Gasteiger partial charge in [-0.05, 0) is 37.5 Å². The Hall–Kier alpha value is -1.35. The molecule has 1 unspecified atom stereocenters. The van der Waals surface area contributed by atoms with Gasteiger partial charge in [-0.2, -0.15) is 0 Å². The van der Waals surface area contributed by atoms with Crippen LogP contribution in [0.1, 0.15) is 44.4 Å². The molecule has 1 aliphatic rings. The highest BCUT2D eigenvalue weighted by Gasteiger charge is 2.38. The van der Waals surface area contributed by atoms with Crippen LogP contribution < -0.4 is 5.32 Å². The Bertz CT molecular complexity index is 438. The molecule has 1 aliphatic heterocycles. The van der Waals surface area contributed by atoms with Crippen LogP contribution in [-0.2, 0) is 10.2 Å². The molecule has 0 aromatic heterocycles. The van der Waals surface area contributed by atoms with Crippen molar-refractivity contribution in [3.05, 3.63) is 29.3 Å². The van der Waals surface area contributed by atoms with Crippen molar-refractivity contribution in [1.29, 1.82) is 0 Å². The molecule has 0 saturated heterocycles. The van der Waals surface area contributed by atoms with E-state index in [1.807, 2.05) is 39.0 Å². The lowest BCUT2D eigenvalue weighted by atomic mass is 9.85. The zero-order chi connectivity index (χ0) is 11.9. The van der Waals surface area contributed by atoms with Crippen LogP contribution in [0.25, 0.3) is 0 Å². The largest absolute Gasteiger partial charge is 0.388 e. The average Bonchev–Trinajstić information content (AvgIpc) is 2.49. The van der Waals surface area contributed by atoms with Crippen LogP contribution in [0, 0.1) is 0 Å². The van der Waals surface area contributed by atoms with E-state index in [0.717, 1.165) is 16.8 Å². The molecule has 0 bridgehead atoms. The quantitative estimate of drug-likeness (QED) is 0.802. The molecule has 2 N–H and O–H groups in total. The first-order valence-electron chi connectivity index (χ1n) is 5.60. The van der Waals surface area contributed by atoms with Gasteiger partial charge in [-0.3, -0.25) is 4.79 Å². The number of benzene rings is 1. The van der Waals surface area contributed by atoms with Crippen molar-refractivity contribution < 1.29 is 9.90 Å². The van der Waals surface area contributed by atoms with Gasteiger partial charge in [0.2, 0.25) is 5.91 Å². The molecular weight excluding hydrogens is 202 g/mol. The molecule has 1 aromatic rings. The highest BCUT2D eigenvalue weighted by molar-refractivity contribution is 6.05. The number of carbonyl (C=O) groups excluding carboxylic acids is 1. The minimum absolute atomic E-state index is 0.0191. The van der Waals surface area contributed by atoms with E-state index >= 15 is 0 Å². The van der Waals surface area contributed by atoms with Crippen molar-refractivity contribution in [3.8, 4) is 0 Å². The Labute approximate surface area is 95.5 Å². The normalized spacial score (nSPS) is 19.1. The van der Waals surface area contributed by atoms with E-state index in [1.54, 1.807) is 0 Å². The molecular formula is C13H17NO2. The van der Waals surface area contributed by atoms with Crippen molar-refractivity contribution in [2.24, 2.45) is 0 Å². The van der Waals surface area contributed by atoms with Crippen molar-refractivity contribution >= 4 is 11.6 Å². The van der Waals surface area contributed by atoms with Gasteiger partial charge in [-0.25, -0.2) is 0 Å². The predicted octanol–water partition coefficient (Wildman–Crippen LogP) is 2.36. The van der Waals surface area contributed by atoms with E-state index in [0.29, 0.717) is 6.42 Å². The zero-order valence-corrected chi connectivity index (χ0v) is 9.87. The van der Waals surface area contributed by atoms with Crippen LogP contribution in [0.5, 0.6) is 0 Å². The van der Waals surface area contributed by atoms with E-state index in [4.69, 9.17) is 0 Å².